The lowest BCUT2D eigenvalue weighted by molar-refractivity contribution is 0.795. The molecule has 0 saturated heterocycles. The number of imidazole rings is 1. The Morgan fingerprint density at radius 1 is 0.440 bits per heavy atom. The summed E-state index contributed by atoms with van der Waals surface area (Å²) in [6.07, 6.45) is 0. The van der Waals surface area contributed by atoms with E-state index in [2.05, 4.69) is 109 Å². The number of aryl methyl sites for hydroxylation is 2. The Balaban J connectivity index is 1.24. The van der Waals surface area contributed by atoms with Crippen LogP contribution in [-0.4, -0.2) is 19.1 Å². The maximum atomic E-state index is 13.1. The molecular formula is C45H32N4O. The highest BCUT2D eigenvalue weighted by Crippen LogP contribution is 2.45. The van der Waals surface area contributed by atoms with Crippen molar-refractivity contribution in [1.82, 2.24) is 19.1 Å². The van der Waals surface area contributed by atoms with E-state index in [-0.39, 0.29) is 5.69 Å². The van der Waals surface area contributed by atoms with Gasteiger partial charge in [-0.3, -0.25) is 9.13 Å². The lowest BCUT2D eigenvalue weighted by Gasteiger charge is -2.18. The summed E-state index contributed by atoms with van der Waals surface area (Å²) >= 11 is 0. The molecule has 5 heteroatoms. The minimum Gasteiger partial charge on any atom is -0.295 e. The van der Waals surface area contributed by atoms with Gasteiger partial charge in [-0.2, -0.15) is 0 Å². The van der Waals surface area contributed by atoms with Gasteiger partial charge in [0.25, 0.3) is 0 Å². The second-order valence-corrected chi connectivity index (χ2v) is 12.7. The van der Waals surface area contributed by atoms with Crippen LogP contribution in [0.3, 0.4) is 0 Å². The zero-order chi connectivity index (χ0) is 33.8. The Bertz CT molecular complexity index is 2670. The number of fused-ring (bicyclic) bond motifs is 3. The highest BCUT2D eigenvalue weighted by molar-refractivity contribution is 6.23. The van der Waals surface area contributed by atoms with E-state index in [1.54, 1.807) is 9.13 Å². The fourth-order valence-electron chi connectivity index (χ4n) is 7.39. The number of hydrogen-bond donors (Lipinski definition) is 0. The minimum atomic E-state index is -0.0340. The van der Waals surface area contributed by atoms with E-state index in [4.69, 9.17) is 9.97 Å². The van der Waals surface area contributed by atoms with Gasteiger partial charge in [0, 0.05) is 36.3 Å². The van der Waals surface area contributed by atoms with E-state index in [0.29, 0.717) is 5.82 Å². The molecule has 0 atom stereocenters. The van der Waals surface area contributed by atoms with E-state index in [1.807, 2.05) is 62.6 Å². The van der Waals surface area contributed by atoms with Crippen LogP contribution in [0.25, 0.3) is 88.7 Å². The topological polar surface area (TPSA) is 52.7 Å². The molecule has 50 heavy (non-hydrogen) atoms. The van der Waals surface area contributed by atoms with Gasteiger partial charge in [-0.1, -0.05) is 146 Å². The number of hydrogen-bond acceptors (Lipinski definition) is 3. The lowest BCUT2D eigenvalue weighted by atomic mass is 9.85. The Morgan fingerprint density at radius 2 is 0.920 bits per heavy atom. The number of rotatable bonds is 5. The Labute approximate surface area is 289 Å². The zero-order valence-electron chi connectivity index (χ0n) is 27.7. The van der Waals surface area contributed by atoms with Gasteiger partial charge in [-0.05, 0) is 50.4 Å². The molecule has 7 aromatic carbocycles. The van der Waals surface area contributed by atoms with Crippen molar-refractivity contribution in [3.63, 3.8) is 0 Å². The molecule has 9 aromatic rings. The van der Waals surface area contributed by atoms with Crippen LogP contribution in [-0.2, 0) is 14.1 Å². The molecule has 0 saturated carbocycles. The van der Waals surface area contributed by atoms with Gasteiger partial charge in [0.2, 0.25) is 0 Å². The molecule has 0 radical (unpaired) electrons. The van der Waals surface area contributed by atoms with E-state index in [9.17, 15) is 4.79 Å². The van der Waals surface area contributed by atoms with Gasteiger partial charge in [0.05, 0.1) is 22.4 Å². The first kappa shape index (κ1) is 29.5. The molecule has 0 spiro atoms. The number of aromatic nitrogens is 4. The molecule has 9 rings (SSSR count). The third-order valence-electron chi connectivity index (χ3n) is 9.78. The monoisotopic (exact) mass is 644 g/mol. The first-order valence-corrected chi connectivity index (χ1v) is 16.8. The highest BCUT2D eigenvalue weighted by atomic mass is 16.1. The predicted octanol–water partition coefficient (Wildman–Crippen LogP) is 10.3. The lowest BCUT2D eigenvalue weighted by Crippen LogP contribution is -2.19. The molecule has 0 bridgehead atoms. The summed E-state index contributed by atoms with van der Waals surface area (Å²) in [5.74, 6) is 0.699. The fraction of sp³-hybridized carbons (Fsp3) is 0.0444. The van der Waals surface area contributed by atoms with E-state index in [0.717, 1.165) is 77.3 Å². The predicted molar refractivity (Wildman–Crippen MR) is 206 cm³/mol. The fourth-order valence-corrected chi connectivity index (χ4v) is 7.39. The standard InChI is InChI=1S/C45H32N4O/c1-48-40-23-13-22-37(43(40)49(2)45(48)50)42-35-20-11-9-18-33(35)41(34-19-10-12-21-36(34)42)31-26-24-30(25-27-31)39-28-38(29-14-5-3-6-15-29)46-44(47-39)32-16-7-4-8-17-32/h3-28H,1-2H3. The third kappa shape index (κ3) is 4.74. The van der Waals surface area contributed by atoms with Crippen molar-refractivity contribution < 1.29 is 0 Å². The maximum absolute atomic E-state index is 13.1. The Hall–Kier alpha value is -6.59. The summed E-state index contributed by atoms with van der Waals surface area (Å²) in [5.41, 5.74) is 11.1. The summed E-state index contributed by atoms with van der Waals surface area (Å²) in [6.45, 7) is 0. The molecule has 2 aromatic heterocycles. The Kier molecular flexibility index (Phi) is 6.99. The second kappa shape index (κ2) is 11.8. The molecule has 0 fully saturated rings. The van der Waals surface area contributed by atoms with Crippen molar-refractivity contribution in [2.75, 3.05) is 0 Å². The average molecular weight is 645 g/mol. The van der Waals surface area contributed by atoms with E-state index in [1.165, 1.54) is 5.56 Å². The molecule has 238 valence electrons. The summed E-state index contributed by atoms with van der Waals surface area (Å²) < 4.78 is 3.49. The van der Waals surface area contributed by atoms with Gasteiger partial charge in [0.1, 0.15) is 0 Å². The van der Waals surface area contributed by atoms with Crippen molar-refractivity contribution in [3.05, 3.63) is 168 Å². The van der Waals surface area contributed by atoms with Crippen molar-refractivity contribution in [1.29, 1.82) is 0 Å². The van der Waals surface area contributed by atoms with Gasteiger partial charge < -0.3 is 0 Å². The molecule has 0 N–H and O–H groups in total. The number of para-hydroxylation sites is 1. The van der Waals surface area contributed by atoms with Gasteiger partial charge in [-0.25, -0.2) is 14.8 Å². The zero-order valence-corrected chi connectivity index (χ0v) is 27.7. The summed E-state index contributed by atoms with van der Waals surface area (Å²) in [4.78, 5) is 23.1. The summed E-state index contributed by atoms with van der Waals surface area (Å²) in [6, 6.07) is 54.7. The van der Waals surface area contributed by atoms with Crippen molar-refractivity contribution in [3.8, 4) is 56.2 Å². The molecule has 0 unspecified atom stereocenters. The highest BCUT2D eigenvalue weighted by Gasteiger charge is 2.20. The van der Waals surface area contributed by atoms with Crippen LogP contribution in [0.2, 0.25) is 0 Å². The first-order valence-electron chi connectivity index (χ1n) is 16.8. The number of benzene rings is 7. The maximum Gasteiger partial charge on any atom is 0.328 e. The molecule has 0 aliphatic carbocycles. The summed E-state index contributed by atoms with van der Waals surface area (Å²) in [5, 5.41) is 4.60. The molecular weight excluding hydrogens is 613 g/mol. The van der Waals surface area contributed by atoms with Crippen LogP contribution >= 0.6 is 0 Å². The van der Waals surface area contributed by atoms with Crippen LogP contribution in [0.1, 0.15) is 0 Å². The minimum absolute atomic E-state index is 0.0340. The molecule has 5 nitrogen and oxygen atoms in total. The Morgan fingerprint density at radius 3 is 1.50 bits per heavy atom. The largest absolute Gasteiger partial charge is 0.328 e. The van der Waals surface area contributed by atoms with Crippen LogP contribution in [0, 0.1) is 0 Å². The van der Waals surface area contributed by atoms with Crippen LogP contribution < -0.4 is 5.69 Å². The molecule has 0 aliphatic heterocycles. The number of nitrogens with zero attached hydrogens (tertiary/aromatic N) is 4. The van der Waals surface area contributed by atoms with Gasteiger partial charge >= 0.3 is 5.69 Å². The van der Waals surface area contributed by atoms with E-state index < -0.39 is 0 Å². The van der Waals surface area contributed by atoms with Crippen molar-refractivity contribution in [2.45, 2.75) is 0 Å². The average Bonchev–Trinajstić information content (AvgIpc) is 3.41. The van der Waals surface area contributed by atoms with E-state index >= 15 is 0 Å². The van der Waals surface area contributed by atoms with Crippen LogP contribution in [0.5, 0.6) is 0 Å². The van der Waals surface area contributed by atoms with Crippen molar-refractivity contribution in [2.24, 2.45) is 14.1 Å². The third-order valence-corrected chi connectivity index (χ3v) is 9.78. The molecule has 2 heterocycles. The smallest absolute Gasteiger partial charge is 0.295 e. The van der Waals surface area contributed by atoms with Gasteiger partial charge in [-0.15, -0.1) is 0 Å². The molecule has 0 amide bonds. The quantitative estimate of drug-likeness (QED) is 0.175. The van der Waals surface area contributed by atoms with Crippen LogP contribution in [0.4, 0.5) is 0 Å². The molecule has 0 aliphatic rings. The van der Waals surface area contributed by atoms with Gasteiger partial charge in [0.15, 0.2) is 5.82 Å². The van der Waals surface area contributed by atoms with Crippen LogP contribution in [0.15, 0.2) is 163 Å². The second-order valence-electron chi connectivity index (χ2n) is 12.7. The van der Waals surface area contributed by atoms with Crippen molar-refractivity contribution >= 4 is 32.6 Å². The normalized spacial score (nSPS) is 11.5. The SMILES string of the molecule is Cn1c(=O)n(C)c2c(-c3c4ccccc4c(-c4ccc(-c5cc(-c6ccccc6)nc(-c6ccccc6)n5)cc4)c4ccccc34)cccc21. The first-order chi connectivity index (χ1) is 24.6. The summed E-state index contributed by atoms with van der Waals surface area (Å²) in [7, 11) is 3.70.